The molecule has 1 aromatic carbocycles. The van der Waals surface area contributed by atoms with Gasteiger partial charge in [0.25, 0.3) is 0 Å². The van der Waals surface area contributed by atoms with Crippen LogP contribution in [0.2, 0.25) is 0 Å². The molecule has 0 radical (unpaired) electrons. The largest absolute Gasteiger partial charge is 0.493 e. The van der Waals surface area contributed by atoms with Crippen molar-refractivity contribution in [1.82, 2.24) is 19.9 Å². The number of piperidine rings is 1. The van der Waals surface area contributed by atoms with Crippen LogP contribution in [-0.2, 0) is 17.6 Å². The summed E-state index contributed by atoms with van der Waals surface area (Å²) in [5.74, 6) is 2.29. The third kappa shape index (κ3) is 4.17. The molecule has 180 valence electrons. The second-order valence-electron chi connectivity index (χ2n) is 9.31. The molecule has 2 aliphatic rings. The number of ether oxygens (including phenoxy) is 2. The van der Waals surface area contributed by atoms with Gasteiger partial charge in [0.2, 0.25) is 5.91 Å². The average molecular weight is 464 g/mol. The molecule has 1 amide bonds. The summed E-state index contributed by atoms with van der Waals surface area (Å²) in [6.45, 7) is 3.57. The zero-order valence-corrected chi connectivity index (χ0v) is 20.2. The molecule has 1 fully saturated rings. The molecule has 8 nitrogen and oxygen atoms in total. The summed E-state index contributed by atoms with van der Waals surface area (Å²) in [7, 11) is 3.24. The fourth-order valence-electron chi connectivity index (χ4n) is 5.30. The Bertz CT molecular complexity index is 1190. The molecular formula is C26H33N5O3. The quantitative estimate of drug-likeness (QED) is 0.600. The minimum atomic E-state index is -0.133. The lowest BCUT2D eigenvalue weighted by atomic mass is 9.95. The zero-order valence-electron chi connectivity index (χ0n) is 20.2. The normalized spacial score (nSPS) is 18.9. The fourth-order valence-corrected chi connectivity index (χ4v) is 5.30. The Morgan fingerprint density at radius 1 is 1.15 bits per heavy atom. The van der Waals surface area contributed by atoms with Crippen molar-refractivity contribution in [3.05, 3.63) is 47.4 Å². The van der Waals surface area contributed by atoms with Crippen molar-refractivity contribution in [2.75, 3.05) is 32.2 Å². The zero-order chi connectivity index (χ0) is 23.7. The molecule has 5 rings (SSSR count). The number of aromatic nitrogens is 3. The summed E-state index contributed by atoms with van der Waals surface area (Å²) in [6.07, 6.45) is 10.1. The van der Waals surface area contributed by atoms with Crippen molar-refractivity contribution in [2.45, 2.75) is 51.5 Å². The van der Waals surface area contributed by atoms with E-state index >= 15 is 0 Å². The van der Waals surface area contributed by atoms with Crippen LogP contribution < -0.4 is 19.7 Å². The Hall–Kier alpha value is -3.29. The summed E-state index contributed by atoms with van der Waals surface area (Å²) < 4.78 is 12.7. The molecular weight excluding hydrogens is 430 g/mol. The van der Waals surface area contributed by atoms with Gasteiger partial charge in [-0.1, -0.05) is 6.07 Å². The minimum absolute atomic E-state index is 0.0782. The Morgan fingerprint density at radius 2 is 1.97 bits per heavy atom. The van der Waals surface area contributed by atoms with Gasteiger partial charge >= 0.3 is 0 Å². The highest BCUT2D eigenvalue weighted by molar-refractivity contribution is 5.81. The summed E-state index contributed by atoms with van der Waals surface area (Å²) in [4.78, 5) is 20.3. The van der Waals surface area contributed by atoms with E-state index in [1.165, 1.54) is 24.1 Å². The van der Waals surface area contributed by atoms with Gasteiger partial charge < -0.3 is 19.7 Å². The minimum Gasteiger partial charge on any atom is -0.493 e. The summed E-state index contributed by atoms with van der Waals surface area (Å²) >= 11 is 0. The molecule has 0 bridgehead atoms. The maximum Gasteiger partial charge on any atom is 0.225 e. The van der Waals surface area contributed by atoms with Crippen LogP contribution in [0, 0.1) is 5.92 Å². The molecule has 0 saturated carbocycles. The first-order valence-corrected chi connectivity index (χ1v) is 12.2. The number of carbonyl (C=O) groups excluding carboxylic acids is 1. The highest BCUT2D eigenvalue weighted by Crippen LogP contribution is 2.33. The molecule has 1 N–H and O–H groups in total. The molecule has 3 aromatic rings. The maximum atomic E-state index is 13.3. The van der Waals surface area contributed by atoms with E-state index in [1.807, 2.05) is 42.0 Å². The second kappa shape index (κ2) is 9.52. The van der Waals surface area contributed by atoms with Gasteiger partial charge in [-0.25, -0.2) is 9.50 Å². The Balaban J connectivity index is 1.32. The third-order valence-corrected chi connectivity index (χ3v) is 7.16. The highest BCUT2D eigenvalue weighted by atomic mass is 16.5. The number of nitrogens with zero attached hydrogens (tertiary/aromatic N) is 4. The van der Waals surface area contributed by atoms with Crippen molar-refractivity contribution in [3.8, 4) is 11.5 Å². The molecule has 2 aromatic heterocycles. The average Bonchev–Trinajstić information content (AvgIpc) is 3.27. The SMILES string of the molecule is COc1ccc(C(C)NC(=O)C2CCCN(c3nccn4nc5c(c34)CCCC5)C2)cc1OC. The number of methoxy groups -OCH3 is 2. The first-order valence-electron chi connectivity index (χ1n) is 12.2. The van der Waals surface area contributed by atoms with E-state index in [9.17, 15) is 4.79 Å². The van der Waals surface area contributed by atoms with E-state index in [1.54, 1.807) is 14.2 Å². The van der Waals surface area contributed by atoms with Crippen LogP contribution in [0.3, 0.4) is 0 Å². The van der Waals surface area contributed by atoms with Gasteiger partial charge in [-0.15, -0.1) is 0 Å². The number of fused-ring (bicyclic) bond motifs is 3. The number of hydrogen-bond acceptors (Lipinski definition) is 6. The number of benzene rings is 1. The van der Waals surface area contributed by atoms with Crippen LogP contribution in [0.4, 0.5) is 5.82 Å². The van der Waals surface area contributed by atoms with Crippen molar-refractivity contribution >= 4 is 17.2 Å². The van der Waals surface area contributed by atoms with Gasteiger partial charge in [0, 0.05) is 31.0 Å². The number of anilines is 1. The van der Waals surface area contributed by atoms with Crippen LogP contribution in [0.5, 0.6) is 11.5 Å². The van der Waals surface area contributed by atoms with Crippen LogP contribution in [0.15, 0.2) is 30.6 Å². The number of aryl methyl sites for hydroxylation is 2. The van der Waals surface area contributed by atoms with Crippen LogP contribution in [-0.4, -0.2) is 47.8 Å². The van der Waals surface area contributed by atoms with Crippen molar-refractivity contribution < 1.29 is 14.3 Å². The van der Waals surface area contributed by atoms with Crippen LogP contribution >= 0.6 is 0 Å². The van der Waals surface area contributed by atoms with Gasteiger partial charge in [-0.2, -0.15) is 5.10 Å². The number of hydrogen-bond donors (Lipinski definition) is 1. The summed E-state index contributed by atoms with van der Waals surface area (Å²) in [6, 6.07) is 5.63. The van der Waals surface area contributed by atoms with Crippen LogP contribution in [0.1, 0.15) is 55.5 Å². The fraction of sp³-hybridized carbons (Fsp3) is 0.500. The standard InChI is InChI=1S/C26H33N5O3/c1-17(18-10-11-22(33-2)23(15-18)34-3)28-26(32)19-7-6-13-30(16-19)25-24-20-8-4-5-9-21(20)29-31(24)14-12-27-25/h10-12,14-15,17,19H,4-9,13,16H2,1-3H3,(H,28,32). The van der Waals surface area contributed by atoms with Gasteiger partial charge in [-0.05, 0) is 63.1 Å². The van der Waals surface area contributed by atoms with E-state index in [2.05, 4.69) is 10.2 Å². The van der Waals surface area contributed by atoms with Gasteiger partial charge in [-0.3, -0.25) is 4.79 Å². The smallest absolute Gasteiger partial charge is 0.225 e. The second-order valence-corrected chi connectivity index (χ2v) is 9.31. The van der Waals surface area contributed by atoms with Gasteiger partial charge in [0.05, 0.1) is 31.9 Å². The molecule has 8 heteroatoms. The Morgan fingerprint density at radius 3 is 2.79 bits per heavy atom. The molecule has 2 atom stereocenters. The third-order valence-electron chi connectivity index (χ3n) is 7.16. The van der Waals surface area contributed by atoms with Crippen molar-refractivity contribution in [1.29, 1.82) is 0 Å². The predicted octanol–water partition coefficient (Wildman–Crippen LogP) is 3.72. The topological polar surface area (TPSA) is 81.0 Å². The van der Waals surface area contributed by atoms with Gasteiger partial charge in [0.15, 0.2) is 17.3 Å². The molecule has 1 saturated heterocycles. The molecule has 1 aliphatic carbocycles. The lowest BCUT2D eigenvalue weighted by Gasteiger charge is -2.34. The van der Waals surface area contributed by atoms with Gasteiger partial charge in [0.1, 0.15) is 5.52 Å². The predicted molar refractivity (Wildman–Crippen MR) is 131 cm³/mol. The molecule has 2 unspecified atom stereocenters. The first kappa shape index (κ1) is 22.5. The highest BCUT2D eigenvalue weighted by Gasteiger charge is 2.30. The number of amides is 1. The van der Waals surface area contributed by atoms with E-state index in [0.29, 0.717) is 18.0 Å². The van der Waals surface area contributed by atoms with Crippen molar-refractivity contribution in [2.24, 2.45) is 5.92 Å². The lowest BCUT2D eigenvalue weighted by Crippen LogP contribution is -2.44. The van der Waals surface area contributed by atoms with E-state index in [4.69, 9.17) is 19.6 Å². The summed E-state index contributed by atoms with van der Waals surface area (Å²) in [5.41, 5.74) is 4.64. The van der Waals surface area contributed by atoms with Crippen molar-refractivity contribution in [3.63, 3.8) is 0 Å². The van der Waals surface area contributed by atoms with E-state index in [0.717, 1.165) is 49.1 Å². The van der Waals surface area contributed by atoms with Crippen LogP contribution in [0.25, 0.3) is 5.52 Å². The molecule has 34 heavy (non-hydrogen) atoms. The summed E-state index contributed by atoms with van der Waals surface area (Å²) in [5, 5.41) is 8.02. The monoisotopic (exact) mass is 463 g/mol. The Labute approximate surface area is 200 Å². The van der Waals surface area contributed by atoms with E-state index in [-0.39, 0.29) is 17.9 Å². The number of rotatable bonds is 6. The number of carbonyl (C=O) groups is 1. The number of nitrogens with one attached hydrogen (secondary N) is 1. The van der Waals surface area contributed by atoms with E-state index < -0.39 is 0 Å². The Kier molecular flexibility index (Phi) is 6.30. The molecule has 0 spiro atoms. The maximum absolute atomic E-state index is 13.3. The first-order chi connectivity index (χ1) is 16.6. The molecule has 3 heterocycles. The lowest BCUT2D eigenvalue weighted by molar-refractivity contribution is -0.125. The molecule has 1 aliphatic heterocycles.